The Bertz CT molecular complexity index is 529. The lowest BCUT2D eigenvalue weighted by atomic mass is 10.0. The average molecular weight is 334 g/mol. The summed E-state index contributed by atoms with van der Waals surface area (Å²) in [6.45, 7) is 6.56. The molecule has 0 fully saturated rings. The van der Waals surface area contributed by atoms with E-state index in [4.69, 9.17) is 0 Å². The molecule has 0 heterocycles. The van der Waals surface area contributed by atoms with Crippen LogP contribution in [0.3, 0.4) is 0 Å². The van der Waals surface area contributed by atoms with Crippen molar-refractivity contribution in [1.82, 2.24) is 10.2 Å². The van der Waals surface area contributed by atoms with E-state index in [-0.39, 0.29) is 11.9 Å². The van der Waals surface area contributed by atoms with Gasteiger partial charge in [0.05, 0.1) is 6.04 Å². The Kier molecular flexibility index (Phi) is 11.4. The third-order valence-electron chi connectivity index (χ3n) is 3.83. The quantitative estimate of drug-likeness (QED) is 0.705. The molecule has 0 saturated carbocycles. The number of amides is 1. The van der Waals surface area contributed by atoms with Crippen molar-refractivity contribution in [3.63, 3.8) is 0 Å². The van der Waals surface area contributed by atoms with E-state index in [9.17, 15) is 14.4 Å². The topological polar surface area (TPSA) is 66.5 Å². The smallest absolute Gasteiger partial charge is 0.219 e. The number of likely N-dealkylation sites (N-methyl/N-ethyl adjacent to an activating group) is 1. The Labute approximate surface area is 145 Å². The number of carbonyl (C=O) groups excluding carboxylic acids is 3. The van der Waals surface area contributed by atoms with Gasteiger partial charge in [-0.3, -0.25) is 14.5 Å². The molecule has 5 nitrogen and oxygen atoms in total. The van der Waals surface area contributed by atoms with Crippen molar-refractivity contribution in [3.8, 4) is 0 Å². The monoisotopic (exact) mass is 334 g/mol. The Morgan fingerprint density at radius 3 is 2.46 bits per heavy atom. The molecule has 1 atom stereocenters. The summed E-state index contributed by atoms with van der Waals surface area (Å²) in [4.78, 5) is 35.6. The largest absolute Gasteiger partial charge is 0.359 e. The van der Waals surface area contributed by atoms with Crippen LogP contribution in [0.15, 0.2) is 18.2 Å². The Hall–Kier alpha value is -2.01. The van der Waals surface area contributed by atoms with E-state index in [2.05, 4.69) is 12.2 Å². The van der Waals surface area contributed by atoms with Crippen LogP contribution in [0.5, 0.6) is 0 Å². The van der Waals surface area contributed by atoms with Crippen LogP contribution in [-0.4, -0.2) is 43.5 Å². The average Bonchev–Trinajstić information content (AvgIpc) is 2.63. The van der Waals surface area contributed by atoms with Crippen molar-refractivity contribution in [1.29, 1.82) is 0 Å². The lowest BCUT2D eigenvalue weighted by molar-refractivity contribution is -0.121. The summed E-state index contributed by atoms with van der Waals surface area (Å²) in [6.07, 6.45) is 3.35. The molecule has 0 radical (unpaired) electrons. The minimum atomic E-state index is -0.345. The van der Waals surface area contributed by atoms with Gasteiger partial charge in [-0.1, -0.05) is 39.0 Å². The second-order valence-corrected chi connectivity index (χ2v) is 5.33. The van der Waals surface area contributed by atoms with Gasteiger partial charge in [0.1, 0.15) is 12.6 Å². The number of benzene rings is 1. The fourth-order valence-corrected chi connectivity index (χ4v) is 2.31. The molecule has 24 heavy (non-hydrogen) atoms. The maximum Gasteiger partial charge on any atom is 0.219 e. The number of aldehydes is 2. The molecule has 1 aromatic carbocycles. The van der Waals surface area contributed by atoms with Crippen molar-refractivity contribution in [3.05, 3.63) is 34.9 Å². The Morgan fingerprint density at radius 2 is 1.96 bits per heavy atom. The van der Waals surface area contributed by atoms with Crippen molar-refractivity contribution in [2.45, 2.75) is 52.6 Å². The summed E-state index contributed by atoms with van der Waals surface area (Å²) in [6, 6.07) is 5.41. The first-order chi connectivity index (χ1) is 11.5. The molecule has 1 amide bonds. The molecule has 134 valence electrons. The molecule has 1 rings (SSSR count). The summed E-state index contributed by atoms with van der Waals surface area (Å²) >= 11 is 0. The van der Waals surface area contributed by atoms with Gasteiger partial charge in [0.25, 0.3) is 0 Å². The van der Waals surface area contributed by atoms with E-state index >= 15 is 0 Å². The van der Waals surface area contributed by atoms with Crippen LogP contribution >= 0.6 is 0 Å². The fraction of sp³-hybridized carbons (Fsp3) is 0.526. The van der Waals surface area contributed by atoms with Gasteiger partial charge in [-0.05, 0) is 31.0 Å². The summed E-state index contributed by atoms with van der Waals surface area (Å²) in [5.41, 5.74) is 2.70. The van der Waals surface area contributed by atoms with Crippen LogP contribution in [-0.2, 0) is 22.6 Å². The van der Waals surface area contributed by atoms with E-state index < -0.39 is 0 Å². The van der Waals surface area contributed by atoms with Gasteiger partial charge in [-0.2, -0.15) is 0 Å². The zero-order valence-electron chi connectivity index (χ0n) is 15.5. The van der Waals surface area contributed by atoms with Crippen molar-refractivity contribution in [2.24, 2.45) is 0 Å². The lowest BCUT2D eigenvalue weighted by Gasteiger charge is -2.24. The fourth-order valence-electron chi connectivity index (χ4n) is 2.31. The van der Waals surface area contributed by atoms with Gasteiger partial charge >= 0.3 is 0 Å². The Balaban J connectivity index is 0.00000254. The number of rotatable bonds is 9. The molecule has 1 aromatic rings. The van der Waals surface area contributed by atoms with Crippen LogP contribution < -0.4 is 5.32 Å². The van der Waals surface area contributed by atoms with Gasteiger partial charge < -0.3 is 10.1 Å². The van der Waals surface area contributed by atoms with E-state index in [1.54, 1.807) is 7.05 Å². The van der Waals surface area contributed by atoms with Crippen molar-refractivity contribution >= 4 is 18.5 Å². The molecular formula is C19H30N2O3. The minimum Gasteiger partial charge on any atom is -0.359 e. The van der Waals surface area contributed by atoms with Gasteiger partial charge in [-0.15, -0.1) is 0 Å². The van der Waals surface area contributed by atoms with E-state index in [1.807, 2.05) is 44.0 Å². The van der Waals surface area contributed by atoms with E-state index in [1.165, 1.54) is 0 Å². The van der Waals surface area contributed by atoms with Gasteiger partial charge in [0.15, 0.2) is 0 Å². The number of hydrogen-bond donors (Lipinski definition) is 1. The third-order valence-corrected chi connectivity index (χ3v) is 3.83. The van der Waals surface area contributed by atoms with Gasteiger partial charge in [0, 0.05) is 25.6 Å². The third kappa shape index (κ3) is 7.04. The van der Waals surface area contributed by atoms with Crippen LogP contribution in [0, 0.1) is 0 Å². The predicted octanol–water partition coefficient (Wildman–Crippen LogP) is 2.61. The Morgan fingerprint density at radius 1 is 1.29 bits per heavy atom. The number of nitrogens with one attached hydrogen (secondary N) is 1. The molecule has 0 aliphatic carbocycles. The van der Waals surface area contributed by atoms with E-state index in [0.29, 0.717) is 24.9 Å². The van der Waals surface area contributed by atoms with Gasteiger partial charge in [0.2, 0.25) is 5.91 Å². The minimum absolute atomic E-state index is 0.0817. The normalized spacial score (nSPS) is 11.2. The molecule has 1 N–H and O–H groups in total. The summed E-state index contributed by atoms with van der Waals surface area (Å²) in [5.74, 6) is -0.0817. The second kappa shape index (κ2) is 12.4. The van der Waals surface area contributed by atoms with Crippen LogP contribution in [0.2, 0.25) is 0 Å². The molecule has 0 aromatic heterocycles. The first-order valence-corrected chi connectivity index (χ1v) is 8.48. The highest BCUT2D eigenvalue weighted by Crippen LogP contribution is 2.15. The highest BCUT2D eigenvalue weighted by atomic mass is 16.1. The zero-order valence-corrected chi connectivity index (χ0v) is 15.5. The van der Waals surface area contributed by atoms with Crippen molar-refractivity contribution < 1.29 is 14.4 Å². The maximum absolute atomic E-state index is 11.3. The molecule has 0 aliphatic rings. The highest BCUT2D eigenvalue weighted by molar-refractivity contribution is 5.77. The number of aryl methyl sites for hydroxylation is 1. The first-order valence-electron chi connectivity index (χ1n) is 8.48. The molecule has 1 unspecified atom stereocenters. The molecule has 5 heteroatoms. The van der Waals surface area contributed by atoms with Crippen molar-refractivity contribution in [2.75, 3.05) is 14.1 Å². The number of hydrogen-bond acceptors (Lipinski definition) is 4. The highest BCUT2D eigenvalue weighted by Gasteiger charge is 2.17. The summed E-state index contributed by atoms with van der Waals surface area (Å²) in [7, 11) is 3.41. The first kappa shape index (κ1) is 22.0. The maximum atomic E-state index is 11.3. The van der Waals surface area contributed by atoms with E-state index in [0.717, 1.165) is 30.1 Å². The second-order valence-electron chi connectivity index (χ2n) is 5.33. The zero-order chi connectivity index (χ0) is 18.5. The van der Waals surface area contributed by atoms with Crippen LogP contribution in [0.1, 0.15) is 55.1 Å². The van der Waals surface area contributed by atoms with Crippen LogP contribution in [0.4, 0.5) is 0 Å². The van der Waals surface area contributed by atoms with Crippen LogP contribution in [0.25, 0.3) is 0 Å². The standard InChI is InChI=1S/C17H24N2O3.C2H6/c1-4-13-5-6-14(11-20)15(9-13)10-19(3)16(12-21)7-8-17(22)18-2;1-2/h5-6,9,11-12,16H,4,7-8,10H2,1-3H3,(H,18,22);1-2H3. The molecule has 0 saturated heterocycles. The molecule has 0 spiro atoms. The van der Waals surface area contributed by atoms with Gasteiger partial charge in [-0.25, -0.2) is 0 Å². The number of nitrogens with zero attached hydrogens (tertiary/aromatic N) is 1. The molecule has 0 bridgehead atoms. The summed E-state index contributed by atoms with van der Waals surface area (Å²) < 4.78 is 0. The summed E-state index contributed by atoms with van der Waals surface area (Å²) in [5, 5.41) is 2.55. The number of carbonyl (C=O) groups is 3. The lowest BCUT2D eigenvalue weighted by Crippen LogP contribution is -2.34. The predicted molar refractivity (Wildman–Crippen MR) is 97.2 cm³/mol. The molecular weight excluding hydrogens is 304 g/mol. The SMILES string of the molecule is CC.CCc1ccc(C=O)c(CN(C)C(C=O)CCC(=O)NC)c1. The molecule has 0 aliphatic heterocycles.